The number of fused-ring (bicyclic) bond motifs is 1. The third kappa shape index (κ3) is 3.08. The van der Waals surface area contributed by atoms with Crippen molar-refractivity contribution >= 4 is 22.7 Å². The van der Waals surface area contributed by atoms with E-state index in [-0.39, 0.29) is 0 Å². The third-order valence-electron chi connectivity index (χ3n) is 4.25. The molecule has 21 heavy (non-hydrogen) atoms. The molecular weight excluding hydrogens is 262 g/mol. The van der Waals surface area contributed by atoms with Crippen LogP contribution in [0.25, 0.3) is 10.9 Å². The molecule has 0 radical (unpaired) electrons. The largest absolute Gasteiger partial charge is 0.367 e. The summed E-state index contributed by atoms with van der Waals surface area (Å²) >= 11 is 0. The molecule has 2 atom stereocenters. The van der Waals surface area contributed by atoms with E-state index in [0.29, 0.717) is 12.0 Å². The minimum Gasteiger partial charge on any atom is -0.367 e. The van der Waals surface area contributed by atoms with Gasteiger partial charge in [0.15, 0.2) is 0 Å². The van der Waals surface area contributed by atoms with Crippen molar-refractivity contribution in [2.24, 2.45) is 17.7 Å². The van der Waals surface area contributed by atoms with Crippen LogP contribution in [-0.2, 0) is 0 Å². The van der Waals surface area contributed by atoms with Crippen LogP contribution in [0.4, 0.5) is 11.8 Å². The van der Waals surface area contributed by atoms with E-state index in [2.05, 4.69) is 34.6 Å². The van der Waals surface area contributed by atoms with E-state index in [4.69, 9.17) is 5.84 Å². The number of hydrogen-bond donors (Lipinski definition) is 3. The molecule has 2 aromatic rings. The van der Waals surface area contributed by atoms with Gasteiger partial charge in [0.25, 0.3) is 0 Å². The van der Waals surface area contributed by atoms with Gasteiger partial charge in [0.05, 0.1) is 5.52 Å². The van der Waals surface area contributed by atoms with Gasteiger partial charge in [-0.3, -0.25) is 5.43 Å². The van der Waals surface area contributed by atoms with Crippen LogP contribution in [0.3, 0.4) is 0 Å². The maximum atomic E-state index is 5.48. The second-order valence-electron chi connectivity index (χ2n) is 6.32. The van der Waals surface area contributed by atoms with Crippen LogP contribution < -0.4 is 16.6 Å². The normalized spacial score (nSPS) is 25.8. The Hall–Kier alpha value is -1.88. The van der Waals surface area contributed by atoms with Crippen molar-refractivity contribution in [1.82, 2.24) is 9.97 Å². The summed E-state index contributed by atoms with van der Waals surface area (Å²) in [5.74, 6) is 8.32. The summed E-state index contributed by atoms with van der Waals surface area (Å²) in [7, 11) is 0. The molecule has 1 saturated carbocycles. The quantitative estimate of drug-likeness (QED) is 0.596. The highest BCUT2D eigenvalue weighted by molar-refractivity contribution is 5.90. The first-order valence-corrected chi connectivity index (χ1v) is 7.65. The number of aromatic nitrogens is 2. The fourth-order valence-corrected chi connectivity index (χ4v) is 3.51. The lowest BCUT2D eigenvalue weighted by Crippen LogP contribution is -2.30. The highest BCUT2D eigenvalue weighted by Crippen LogP contribution is 2.31. The Bertz CT molecular complexity index is 617. The molecule has 1 heterocycles. The Morgan fingerprint density at radius 1 is 1.05 bits per heavy atom. The number of para-hydroxylation sites is 1. The molecule has 3 rings (SSSR count). The van der Waals surface area contributed by atoms with E-state index >= 15 is 0 Å². The van der Waals surface area contributed by atoms with Crippen molar-refractivity contribution in [3.8, 4) is 0 Å². The topological polar surface area (TPSA) is 75.9 Å². The number of nitrogens with zero attached hydrogens (tertiary/aromatic N) is 2. The molecule has 2 unspecified atom stereocenters. The number of hydrazine groups is 1. The van der Waals surface area contributed by atoms with E-state index < -0.39 is 0 Å². The lowest BCUT2D eigenvalue weighted by Gasteiger charge is -2.32. The minimum absolute atomic E-state index is 0.452. The van der Waals surface area contributed by atoms with Crippen molar-refractivity contribution in [1.29, 1.82) is 0 Å². The van der Waals surface area contributed by atoms with Crippen LogP contribution in [0.15, 0.2) is 24.3 Å². The van der Waals surface area contributed by atoms with Gasteiger partial charge in [-0.05, 0) is 43.2 Å². The molecule has 1 aromatic heterocycles. The first-order chi connectivity index (χ1) is 10.2. The lowest BCUT2D eigenvalue weighted by molar-refractivity contribution is 0.280. The maximum Gasteiger partial charge on any atom is 0.239 e. The minimum atomic E-state index is 0.452. The fraction of sp³-hybridized carbons (Fsp3) is 0.500. The molecular formula is C16H23N5. The van der Waals surface area contributed by atoms with Gasteiger partial charge in [0.2, 0.25) is 5.95 Å². The van der Waals surface area contributed by atoms with Gasteiger partial charge in [-0.2, -0.15) is 4.98 Å². The van der Waals surface area contributed by atoms with Crippen LogP contribution in [0.5, 0.6) is 0 Å². The molecule has 5 nitrogen and oxygen atoms in total. The van der Waals surface area contributed by atoms with Gasteiger partial charge in [0, 0.05) is 11.4 Å². The van der Waals surface area contributed by atoms with E-state index in [9.17, 15) is 0 Å². The number of benzene rings is 1. The second kappa shape index (κ2) is 5.85. The maximum absolute atomic E-state index is 5.48. The van der Waals surface area contributed by atoms with Crippen molar-refractivity contribution < 1.29 is 0 Å². The first-order valence-electron chi connectivity index (χ1n) is 7.65. The van der Waals surface area contributed by atoms with Crippen LogP contribution >= 0.6 is 0 Å². The molecule has 0 spiro atoms. The predicted octanol–water partition coefficient (Wildman–Crippen LogP) is 3.15. The van der Waals surface area contributed by atoms with Crippen molar-refractivity contribution in [3.63, 3.8) is 0 Å². The third-order valence-corrected chi connectivity index (χ3v) is 4.25. The Morgan fingerprint density at radius 2 is 1.76 bits per heavy atom. The number of nitrogens with two attached hydrogens (primary N) is 1. The summed E-state index contributed by atoms with van der Waals surface area (Å²) in [5.41, 5.74) is 3.45. The lowest BCUT2D eigenvalue weighted by atomic mass is 9.80. The zero-order chi connectivity index (χ0) is 14.8. The monoisotopic (exact) mass is 285 g/mol. The standard InChI is InChI=1S/C16H23N5/c1-10-7-11(2)9-12(8-10)18-15-13-5-3-4-6-14(13)19-16(20-15)21-17/h3-6,10-12H,7-9,17H2,1-2H3,(H2,18,19,20,21). The molecule has 1 fully saturated rings. The van der Waals surface area contributed by atoms with Crippen LogP contribution in [0.1, 0.15) is 33.1 Å². The van der Waals surface area contributed by atoms with Crippen molar-refractivity contribution in [2.45, 2.75) is 39.2 Å². The molecule has 0 amide bonds. The van der Waals surface area contributed by atoms with E-state index in [1.165, 1.54) is 19.3 Å². The first kappa shape index (κ1) is 14.1. The van der Waals surface area contributed by atoms with Crippen molar-refractivity contribution in [2.75, 3.05) is 10.7 Å². The molecule has 5 heteroatoms. The number of anilines is 2. The molecule has 0 saturated heterocycles. The molecule has 112 valence electrons. The van der Waals surface area contributed by atoms with Gasteiger partial charge in [0.1, 0.15) is 5.82 Å². The molecule has 0 aliphatic heterocycles. The summed E-state index contributed by atoms with van der Waals surface area (Å²) in [6, 6.07) is 8.48. The average Bonchev–Trinajstić information content (AvgIpc) is 2.46. The summed E-state index contributed by atoms with van der Waals surface area (Å²) in [6.07, 6.45) is 3.69. The average molecular weight is 285 g/mol. The molecule has 1 aliphatic rings. The number of rotatable bonds is 3. The van der Waals surface area contributed by atoms with E-state index in [1.807, 2.05) is 24.3 Å². The van der Waals surface area contributed by atoms with Crippen molar-refractivity contribution in [3.05, 3.63) is 24.3 Å². The van der Waals surface area contributed by atoms with Gasteiger partial charge in [-0.1, -0.05) is 26.0 Å². The van der Waals surface area contributed by atoms with Crippen LogP contribution in [0, 0.1) is 11.8 Å². The Morgan fingerprint density at radius 3 is 2.48 bits per heavy atom. The summed E-state index contributed by atoms with van der Waals surface area (Å²) < 4.78 is 0. The fourth-order valence-electron chi connectivity index (χ4n) is 3.51. The highest BCUT2D eigenvalue weighted by Gasteiger charge is 2.24. The zero-order valence-electron chi connectivity index (χ0n) is 12.6. The number of nitrogen functional groups attached to an aromatic ring is 1. The van der Waals surface area contributed by atoms with Gasteiger partial charge in [-0.15, -0.1) is 0 Å². The second-order valence-corrected chi connectivity index (χ2v) is 6.32. The number of hydrogen-bond acceptors (Lipinski definition) is 5. The van der Waals surface area contributed by atoms with Gasteiger partial charge in [-0.25, -0.2) is 10.8 Å². The SMILES string of the molecule is CC1CC(C)CC(Nc2nc(NN)nc3ccccc23)C1. The Labute approximate surface area is 125 Å². The number of nitrogens with one attached hydrogen (secondary N) is 2. The summed E-state index contributed by atoms with van der Waals surface area (Å²) in [5, 5.41) is 4.66. The molecule has 1 aliphatic carbocycles. The predicted molar refractivity (Wildman–Crippen MR) is 86.9 cm³/mol. The van der Waals surface area contributed by atoms with Gasteiger partial charge < -0.3 is 5.32 Å². The van der Waals surface area contributed by atoms with E-state index in [1.54, 1.807) is 0 Å². The highest BCUT2D eigenvalue weighted by atomic mass is 15.3. The molecule has 0 bridgehead atoms. The summed E-state index contributed by atoms with van der Waals surface area (Å²) in [6.45, 7) is 4.66. The van der Waals surface area contributed by atoms with Gasteiger partial charge >= 0.3 is 0 Å². The van der Waals surface area contributed by atoms with Crippen LogP contribution in [0.2, 0.25) is 0 Å². The molecule has 1 aromatic carbocycles. The van der Waals surface area contributed by atoms with E-state index in [0.717, 1.165) is 28.6 Å². The Kier molecular flexibility index (Phi) is 3.92. The Balaban J connectivity index is 1.92. The summed E-state index contributed by atoms with van der Waals surface area (Å²) in [4.78, 5) is 8.90. The molecule has 4 N–H and O–H groups in total. The van der Waals surface area contributed by atoms with Crippen LogP contribution in [-0.4, -0.2) is 16.0 Å². The zero-order valence-corrected chi connectivity index (χ0v) is 12.6. The smallest absolute Gasteiger partial charge is 0.239 e.